The zero-order chi connectivity index (χ0) is 12.4. The van der Waals surface area contributed by atoms with Crippen molar-refractivity contribution in [2.45, 2.75) is 6.42 Å². The molecule has 3 nitrogen and oxygen atoms in total. The zero-order valence-electron chi connectivity index (χ0n) is 9.45. The number of carbonyl (C=O) groups is 1. The largest absolute Gasteiger partial charge is 0.495 e. The first-order valence-corrected chi connectivity index (χ1v) is 6.68. The van der Waals surface area contributed by atoms with Gasteiger partial charge in [-0.1, -0.05) is 15.9 Å². The number of halogens is 2. The summed E-state index contributed by atoms with van der Waals surface area (Å²) in [5, 5.41) is 0. The molecule has 0 N–H and O–H groups in total. The maximum absolute atomic E-state index is 11.9. The highest BCUT2D eigenvalue weighted by Crippen LogP contribution is 2.35. The fourth-order valence-electron chi connectivity index (χ4n) is 1.99. The minimum atomic E-state index is 0.108. The molecular weight excluding hydrogens is 305 g/mol. The van der Waals surface area contributed by atoms with Gasteiger partial charge in [0.25, 0.3) is 0 Å². The van der Waals surface area contributed by atoms with Crippen molar-refractivity contribution in [3.63, 3.8) is 0 Å². The van der Waals surface area contributed by atoms with Gasteiger partial charge in [-0.3, -0.25) is 4.79 Å². The van der Waals surface area contributed by atoms with Crippen LogP contribution in [-0.4, -0.2) is 25.4 Å². The molecule has 1 aliphatic rings. The van der Waals surface area contributed by atoms with Gasteiger partial charge in [-0.15, -0.1) is 11.6 Å². The zero-order valence-corrected chi connectivity index (χ0v) is 11.8. The molecule has 0 radical (unpaired) electrons. The molecule has 1 amide bonds. The van der Waals surface area contributed by atoms with Crippen LogP contribution in [0.4, 0.5) is 5.69 Å². The van der Waals surface area contributed by atoms with Gasteiger partial charge < -0.3 is 9.64 Å². The summed E-state index contributed by atoms with van der Waals surface area (Å²) < 4.78 is 6.23. The summed E-state index contributed by atoms with van der Waals surface area (Å²) in [6, 6.07) is 5.65. The molecule has 1 saturated heterocycles. The number of hydrogen-bond donors (Lipinski definition) is 0. The van der Waals surface area contributed by atoms with Gasteiger partial charge in [0.15, 0.2) is 0 Å². The van der Waals surface area contributed by atoms with E-state index in [0.717, 1.165) is 10.2 Å². The molecule has 0 bridgehead atoms. The van der Waals surface area contributed by atoms with Crippen LogP contribution in [0.3, 0.4) is 0 Å². The molecule has 1 aromatic carbocycles. The molecule has 92 valence electrons. The van der Waals surface area contributed by atoms with Crippen LogP contribution in [0.5, 0.6) is 5.75 Å². The van der Waals surface area contributed by atoms with Crippen molar-refractivity contribution in [2.24, 2.45) is 5.92 Å². The molecule has 1 unspecified atom stereocenters. The minimum Gasteiger partial charge on any atom is -0.495 e. The van der Waals surface area contributed by atoms with Gasteiger partial charge >= 0.3 is 0 Å². The van der Waals surface area contributed by atoms with Crippen LogP contribution >= 0.6 is 27.5 Å². The van der Waals surface area contributed by atoms with E-state index in [-0.39, 0.29) is 11.8 Å². The summed E-state index contributed by atoms with van der Waals surface area (Å²) in [5.41, 5.74) is 0.813. The third kappa shape index (κ3) is 2.58. The number of ether oxygens (including phenoxy) is 1. The number of hydrogen-bond acceptors (Lipinski definition) is 2. The Labute approximate surface area is 114 Å². The Bertz CT molecular complexity index is 439. The summed E-state index contributed by atoms with van der Waals surface area (Å²) in [5.74, 6) is 1.55. The van der Waals surface area contributed by atoms with Crippen molar-refractivity contribution in [3.8, 4) is 5.75 Å². The molecule has 0 spiro atoms. The summed E-state index contributed by atoms with van der Waals surface area (Å²) in [6.45, 7) is 0.667. The van der Waals surface area contributed by atoms with Gasteiger partial charge in [-0.05, 0) is 24.1 Å². The summed E-state index contributed by atoms with van der Waals surface area (Å²) in [6.07, 6.45) is 0.517. The van der Waals surface area contributed by atoms with Crippen molar-refractivity contribution >= 4 is 39.1 Å². The second kappa shape index (κ2) is 5.27. The SMILES string of the molecule is COc1cc(Br)ccc1N1CC(CCl)CC1=O. The summed E-state index contributed by atoms with van der Waals surface area (Å²) in [7, 11) is 1.60. The second-order valence-electron chi connectivity index (χ2n) is 4.04. The fourth-order valence-corrected chi connectivity index (χ4v) is 2.54. The number of nitrogens with zero attached hydrogens (tertiary/aromatic N) is 1. The normalized spacial score (nSPS) is 19.8. The molecular formula is C12H13BrClNO2. The Morgan fingerprint density at radius 3 is 2.94 bits per heavy atom. The van der Waals surface area contributed by atoms with Crippen molar-refractivity contribution in [1.82, 2.24) is 0 Å². The predicted octanol–water partition coefficient (Wildman–Crippen LogP) is 3.05. The van der Waals surface area contributed by atoms with E-state index in [4.69, 9.17) is 16.3 Å². The molecule has 1 fully saturated rings. The van der Waals surface area contributed by atoms with Gasteiger partial charge in [-0.2, -0.15) is 0 Å². The Morgan fingerprint density at radius 2 is 2.35 bits per heavy atom. The Morgan fingerprint density at radius 1 is 1.59 bits per heavy atom. The lowest BCUT2D eigenvalue weighted by Gasteiger charge is -2.19. The van der Waals surface area contributed by atoms with Crippen molar-refractivity contribution in [3.05, 3.63) is 22.7 Å². The van der Waals surface area contributed by atoms with E-state index in [0.29, 0.717) is 24.6 Å². The highest BCUT2D eigenvalue weighted by Gasteiger charge is 2.31. The molecule has 0 aromatic heterocycles. The molecule has 2 rings (SSSR count). The highest BCUT2D eigenvalue weighted by atomic mass is 79.9. The summed E-state index contributed by atoms with van der Waals surface area (Å²) >= 11 is 9.19. The first kappa shape index (κ1) is 12.7. The van der Waals surface area contributed by atoms with Crippen LogP contribution in [0.1, 0.15) is 6.42 Å². The molecule has 1 atom stereocenters. The standard InChI is InChI=1S/C12H13BrClNO2/c1-17-11-5-9(13)2-3-10(11)15-7-8(6-14)4-12(15)16/h2-3,5,8H,4,6-7H2,1H3. The topological polar surface area (TPSA) is 29.5 Å². The minimum absolute atomic E-state index is 0.108. The van der Waals surface area contributed by atoms with E-state index >= 15 is 0 Å². The van der Waals surface area contributed by atoms with E-state index in [1.54, 1.807) is 12.0 Å². The van der Waals surface area contributed by atoms with Crippen LogP contribution in [0.15, 0.2) is 22.7 Å². The number of benzene rings is 1. The quantitative estimate of drug-likeness (QED) is 0.802. The molecule has 0 saturated carbocycles. The third-order valence-electron chi connectivity index (χ3n) is 2.86. The molecule has 0 aliphatic carbocycles. The molecule has 1 heterocycles. The Balaban J connectivity index is 2.31. The maximum Gasteiger partial charge on any atom is 0.227 e. The molecule has 17 heavy (non-hydrogen) atoms. The highest BCUT2D eigenvalue weighted by molar-refractivity contribution is 9.10. The molecule has 1 aromatic rings. The van der Waals surface area contributed by atoms with Gasteiger partial charge in [0.2, 0.25) is 5.91 Å². The number of rotatable bonds is 3. The van der Waals surface area contributed by atoms with E-state index in [2.05, 4.69) is 15.9 Å². The number of anilines is 1. The monoisotopic (exact) mass is 317 g/mol. The van der Waals surface area contributed by atoms with Crippen LogP contribution in [0.25, 0.3) is 0 Å². The van der Waals surface area contributed by atoms with Crippen LogP contribution in [0.2, 0.25) is 0 Å². The number of carbonyl (C=O) groups excluding carboxylic acids is 1. The van der Waals surface area contributed by atoms with Crippen LogP contribution in [0, 0.1) is 5.92 Å². The van der Waals surface area contributed by atoms with Crippen LogP contribution < -0.4 is 9.64 Å². The second-order valence-corrected chi connectivity index (χ2v) is 5.27. The lowest BCUT2D eigenvalue weighted by molar-refractivity contribution is -0.117. The summed E-state index contributed by atoms with van der Waals surface area (Å²) in [4.78, 5) is 13.6. The first-order valence-electron chi connectivity index (χ1n) is 5.35. The van der Waals surface area contributed by atoms with E-state index < -0.39 is 0 Å². The van der Waals surface area contributed by atoms with Crippen molar-refractivity contribution in [1.29, 1.82) is 0 Å². The third-order valence-corrected chi connectivity index (χ3v) is 3.79. The van der Waals surface area contributed by atoms with Crippen molar-refractivity contribution in [2.75, 3.05) is 24.4 Å². The van der Waals surface area contributed by atoms with Gasteiger partial charge in [0.1, 0.15) is 5.75 Å². The first-order chi connectivity index (χ1) is 8.15. The van der Waals surface area contributed by atoms with Crippen LogP contribution in [-0.2, 0) is 4.79 Å². The lowest BCUT2D eigenvalue weighted by Crippen LogP contribution is -2.25. The molecule has 5 heteroatoms. The number of methoxy groups -OCH3 is 1. The van der Waals surface area contributed by atoms with E-state index in [9.17, 15) is 4.79 Å². The van der Waals surface area contributed by atoms with Gasteiger partial charge in [0.05, 0.1) is 12.8 Å². The van der Waals surface area contributed by atoms with Gasteiger partial charge in [-0.25, -0.2) is 0 Å². The Hall–Kier alpha value is -0.740. The molecule has 1 aliphatic heterocycles. The maximum atomic E-state index is 11.9. The number of amides is 1. The van der Waals surface area contributed by atoms with E-state index in [1.807, 2.05) is 18.2 Å². The predicted molar refractivity (Wildman–Crippen MR) is 71.9 cm³/mol. The average Bonchev–Trinajstić information content (AvgIpc) is 2.70. The van der Waals surface area contributed by atoms with Crippen molar-refractivity contribution < 1.29 is 9.53 Å². The van der Waals surface area contributed by atoms with E-state index in [1.165, 1.54) is 0 Å². The smallest absolute Gasteiger partial charge is 0.227 e. The Kier molecular flexibility index (Phi) is 3.94. The lowest BCUT2D eigenvalue weighted by atomic mass is 10.1. The van der Waals surface area contributed by atoms with Gasteiger partial charge in [0, 0.05) is 23.3 Å². The number of alkyl halides is 1. The average molecular weight is 319 g/mol. The fraction of sp³-hybridized carbons (Fsp3) is 0.417.